The number of nitrogens with one attached hydrogen (secondary N) is 1. The Labute approximate surface area is 201 Å². The quantitative estimate of drug-likeness (QED) is 0.610. The van der Waals surface area contributed by atoms with Crippen molar-refractivity contribution in [3.8, 4) is 11.1 Å². The smallest absolute Gasteiger partial charge is 0.283 e. The molecule has 2 aliphatic heterocycles. The van der Waals surface area contributed by atoms with Crippen molar-refractivity contribution in [2.24, 2.45) is 0 Å². The monoisotopic (exact) mass is 516 g/mol. The van der Waals surface area contributed by atoms with Crippen molar-refractivity contribution >= 4 is 27.5 Å². The predicted molar refractivity (Wildman–Crippen MR) is 122 cm³/mol. The summed E-state index contributed by atoms with van der Waals surface area (Å²) in [6.07, 6.45) is -0.787. The van der Waals surface area contributed by atoms with Crippen molar-refractivity contribution < 1.29 is 31.1 Å². The lowest BCUT2D eigenvalue weighted by molar-refractivity contribution is -0.158. The average Bonchev–Trinajstić information content (AvgIpc) is 2.98. The molecule has 2 aromatic carbocycles. The van der Waals surface area contributed by atoms with Gasteiger partial charge in [0.25, 0.3) is 11.8 Å². The Bertz CT molecular complexity index is 1190. The van der Waals surface area contributed by atoms with Crippen LogP contribution in [0.3, 0.4) is 0 Å². The van der Waals surface area contributed by atoms with Crippen molar-refractivity contribution in [3.05, 3.63) is 58.9 Å². The maximum absolute atomic E-state index is 15.5. The molecule has 0 bridgehead atoms. The van der Waals surface area contributed by atoms with Crippen LogP contribution in [0.15, 0.2) is 42.5 Å². The fraction of sp³-hybridized carbons (Fsp3) is 0.435. The summed E-state index contributed by atoms with van der Waals surface area (Å²) in [5, 5.41) is 0.407. The molecule has 2 saturated heterocycles. The number of ether oxygens (including phenoxy) is 1. The first-order valence-electron chi connectivity index (χ1n) is 10.9. The number of nitrogens with zero attached hydrogens (tertiary/aromatic N) is 1. The van der Waals surface area contributed by atoms with E-state index in [4.69, 9.17) is 16.3 Å². The second-order valence-corrected chi connectivity index (χ2v) is 10.9. The highest BCUT2D eigenvalue weighted by Gasteiger charge is 2.58. The van der Waals surface area contributed by atoms with Crippen LogP contribution in [0.5, 0.6) is 0 Å². The Hall–Kier alpha value is -2.14. The van der Waals surface area contributed by atoms with Crippen LogP contribution in [-0.4, -0.2) is 62.2 Å². The molecule has 2 heterocycles. The summed E-state index contributed by atoms with van der Waals surface area (Å²) in [6.45, 7) is 0.681. The Morgan fingerprint density at radius 1 is 1.26 bits per heavy atom. The van der Waals surface area contributed by atoms with Gasteiger partial charge in [0.2, 0.25) is 10.0 Å². The van der Waals surface area contributed by atoms with Gasteiger partial charge in [-0.2, -0.15) is 0 Å². The number of sulfonamides is 1. The molecule has 0 radical (unpaired) electrons. The van der Waals surface area contributed by atoms with Crippen LogP contribution in [0.4, 0.5) is 13.2 Å². The number of hydrogen-bond acceptors (Lipinski definition) is 4. The van der Waals surface area contributed by atoms with E-state index in [1.807, 2.05) is 4.72 Å². The third kappa shape index (κ3) is 4.95. The molecule has 6 nitrogen and oxygen atoms in total. The number of hydrogen-bond donors (Lipinski definition) is 1. The minimum absolute atomic E-state index is 0.0770. The first-order chi connectivity index (χ1) is 16.0. The molecule has 184 valence electrons. The van der Waals surface area contributed by atoms with Crippen LogP contribution in [0.25, 0.3) is 11.1 Å². The number of likely N-dealkylation sites (tertiary alicyclic amines) is 1. The number of alkyl halides is 2. The van der Waals surface area contributed by atoms with Crippen LogP contribution in [-0.2, 0) is 26.0 Å². The zero-order valence-electron chi connectivity index (χ0n) is 18.3. The Morgan fingerprint density at radius 2 is 1.97 bits per heavy atom. The maximum Gasteiger partial charge on any atom is 0.283 e. The van der Waals surface area contributed by atoms with Crippen LogP contribution in [0.2, 0.25) is 5.02 Å². The molecule has 2 fully saturated rings. The number of benzene rings is 2. The molecule has 4 rings (SSSR count). The number of halogens is 4. The molecule has 0 aromatic heterocycles. The minimum Gasteiger partial charge on any atom is -0.368 e. The van der Waals surface area contributed by atoms with Gasteiger partial charge in [0, 0.05) is 17.0 Å². The van der Waals surface area contributed by atoms with Crippen LogP contribution >= 0.6 is 11.6 Å². The van der Waals surface area contributed by atoms with E-state index in [1.54, 1.807) is 30.3 Å². The van der Waals surface area contributed by atoms with E-state index in [0.29, 0.717) is 23.6 Å². The lowest BCUT2D eigenvalue weighted by Gasteiger charge is -2.34. The van der Waals surface area contributed by atoms with Gasteiger partial charge < -0.3 is 9.64 Å². The predicted octanol–water partition coefficient (Wildman–Crippen LogP) is 3.63. The molecule has 3 atom stereocenters. The van der Waals surface area contributed by atoms with Gasteiger partial charge in [-0.15, -0.1) is 0 Å². The number of carbonyl (C=O) groups excluding carboxylic acids is 1. The van der Waals surface area contributed by atoms with Crippen molar-refractivity contribution in [3.63, 3.8) is 0 Å². The molecule has 34 heavy (non-hydrogen) atoms. The molecular formula is C23H24ClF3N2O4S. The average molecular weight is 517 g/mol. The Kier molecular flexibility index (Phi) is 6.97. The Balaban J connectivity index is 1.72. The molecule has 2 aliphatic rings. The van der Waals surface area contributed by atoms with Gasteiger partial charge in [-0.25, -0.2) is 26.3 Å². The highest BCUT2D eigenvalue weighted by atomic mass is 35.5. The topological polar surface area (TPSA) is 75.7 Å². The zero-order valence-corrected chi connectivity index (χ0v) is 19.9. The second kappa shape index (κ2) is 9.49. The molecule has 1 N–H and O–H groups in total. The molecule has 1 unspecified atom stereocenters. The number of rotatable bonds is 7. The molecule has 1 amide bonds. The number of carbonyl (C=O) groups is 1. The molecule has 2 aromatic rings. The fourth-order valence-corrected chi connectivity index (χ4v) is 5.35. The third-order valence-electron chi connectivity index (χ3n) is 6.21. The van der Waals surface area contributed by atoms with Crippen molar-refractivity contribution in [1.82, 2.24) is 9.62 Å². The highest BCUT2D eigenvalue weighted by molar-refractivity contribution is 7.89. The van der Waals surface area contributed by atoms with Crippen molar-refractivity contribution in [2.45, 2.75) is 43.9 Å². The highest BCUT2D eigenvalue weighted by Crippen LogP contribution is 2.37. The molecular weight excluding hydrogens is 493 g/mol. The summed E-state index contributed by atoms with van der Waals surface area (Å²) >= 11 is 6.03. The minimum atomic E-state index is -4.03. The van der Waals surface area contributed by atoms with Gasteiger partial charge in [-0.3, -0.25) is 4.79 Å². The standard InChI is InChI=1S/C23H24ClF3N2O4S/c1-2-34(31,32)28-21-18(29(13-23(21,26)27)22(30)19-9-10-33-19)12-15-6-4-8-17(20(15)25)14-5-3-7-16(24)11-14/h3-8,11,18-19,21,28H,2,9-10,12-13H2,1H3/t18-,19?,21+/m0/s1. The van der Waals surface area contributed by atoms with E-state index in [2.05, 4.69) is 0 Å². The van der Waals surface area contributed by atoms with Gasteiger partial charge in [0.15, 0.2) is 0 Å². The van der Waals surface area contributed by atoms with Gasteiger partial charge in [-0.1, -0.05) is 41.9 Å². The normalized spacial score (nSPS) is 24.1. The SMILES string of the molecule is CCS(=O)(=O)N[C@@H]1[C@H](Cc2cccc(-c3cccc(Cl)c3)c2F)N(C(=O)C2CCO2)CC1(F)F. The first kappa shape index (κ1) is 25.0. The molecule has 0 spiro atoms. The van der Waals surface area contributed by atoms with E-state index in [-0.39, 0.29) is 17.5 Å². The Morgan fingerprint density at radius 3 is 2.59 bits per heavy atom. The fourth-order valence-electron chi connectivity index (χ4n) is 4.27. The van der Waals surface area contributed by atoms with E-state index in [0.717, 1.165) is 4.90 Å². The zero-order chi connectivity index (χ0) is 24.7. The molecule has 11 heteroatoms. The first-order valence-corrected chi connectivity index (χ1v) is 12.9. The van der Waals surface area contributed by atoms with E-state index >= 15 is 13.2 Å². The summed E-state index contributed by atoms with van der Waals surface area (Å²) in [6, 6.07) is 7.89. The summed E-state index contributed by atoms with van der Waals surface area (Å²) in [5.41, 5.74) is 0.798. The summed E-state index contributed by atoms with van der Waals surface area (Å²) in [7, 11) is -4.03. The van der Waals surface area contributed by atoms with Gasteiger partial charge in [0.05, 0.1) is 24.9 Å². The second-order valence-electron chi connectivity index (χ2n) is 8.43. The summed E-state index contributed by atoms with van der Waals surface area (Å²) in [4.78, 5) is 13.8. The lowest BCUT2D eigenvalue weighted by Crippen LogP contribution is -2.54. The van der Waals surface area contributed by atoms with E-state index in [9.17, 15) is 13.2 Å². The van der Waals surface area contributed by atoms with Crippen molar-refractivity contribution in [1.29, 1.82) is 0 Å². The summed E-state index contributed by atoms with van der Waals surface area (Å²) < 4.78 is 77.2. The van der Waals surface area contributed by atoms with Gasteiger partial charge in [0.1, 0.15) is 18.0 Å². The third-order valence-corrected chi connectivity index (χ3v) is 7.82. The van der Waals surface area contributed by atoms with E-state index < -0.39 is 58.2 Å². The van der Waals surface area contributed by atoms with E-state index in [1.165, 1.54) is 19.1 Å². The van der Waals surface area contributed by atoms with Crippen LogP contribution in [0.1, 0.15) is 18.9 Å². The lowest BCUT2D eigenvalue weighted by atomic mass is 9.95. The maximum atomic E-state index is 15.5. The number of amides is 1. The largest absolute Gasteiger partial charge is 0.368 e. The molecule has 0 saturated carbocycles. The van der Waals surface area contributed by atoms with Crippen molar-refractivity contribution in [2.75, 3.05) is 18.9 Å². The van der Waals surface area contributed by atoms with Gasteiger partial charge >= 0.3 is 0 Å². The molecule has 0 aliphatic carbocycles. The van der Waals surface area contributed by atoms with Crippen LogP contribution in [0, 0.1) is 5.82 Å². The van der Waals surface area contributed by atoms with Gasteiger partial charge in [-0.05, 0) is 36.6 Å². The summed E-state index contributed by atoms with van der Waals surface area (Å²) in [5.74, 6) is -5.26. The van der Waals surface area contributed by atoms with Crippen LogP contribution < -0.4 is 4.72 Å².